The molecule has 0 saturated carbocycles. The average Bonchev–Trinajstić information content (AvgIpc) is 3.08. The Morgan fingerprint density at radius 3 is 2.38 bits per heavy atom. The zero-order valence-electron chi connectivity index (χ0n) is 18.1. The summed E-state index contributed by atoms with van der Waals surface area (Å²) >= 11 is 0. The van der Waals surface area contributed by atoms with E-state index in [4.69, 9.17) is 4.74 Å². The van der Waals surface area contributed by atoms with E-state index in [1.165, 1.54) is 6.92 Å². The lowest BCUT2D eigenvalue weighted by Gasteiger charge is -2.33. The fourth-order valence-electron chi connectivity index (χ4n) is 3.62. The maximum absolute atomic E-state index is 12.8. The summed E-state index contributed by atoms with van der Waals surface area (Å²) in [6.07, 6.45) is 0.220. The highest BCUT2D eigenvalue weighted by Crippen LogP contribution is 2.33. The van der Waals surface area contributed by atoms with Crippen LogP contribution in [0.4, 0.5) is 0 Å². The zero-order valence-corrected chi connectivity index (χ0v) is 18.1. The normalized spacial score (nSPS) is 13.0. The Bertz CT molecular complexity index is 824. The van der Waals surface area contributed by atoms with Gasteiger partial charge in [0.25, 0.3) is 5.91 Å². The van der Waals surface area contributed by atoms with E-state index >= 15 is 0 Å². The Balaban J connectivity index is 2.19. The van der Waals surface area contributed by atoms with Crippen LogP contribution < -0.4 is 5.32 Å². The van der Waals surface area contributed by atoms with Crippen LogP contribution >= 0.6 is 0 Å². The Hall–Kier alpha value is -2.77. The average molecular weight is 402 g/mol. The number of amides is 1. The van der Waals surface area contributed by atoms with E-state index in [1.54, 1.807) is 4.68 Å². The molecule has 1 N–H and O–H groups in total. The number of tetrazole rings is 1. The molecule has 0 fully saturated rings. The second kappa shape index (κ2) is 9.15. The third-order valence-electron chi connectivity index (χ3n) is 4.34. The Labute approximate surface area is 172 Å². The number of nitrogens with one attached hydrogen (secondary N) is 1. The van der Waals surface area contributed by atoms with Gasteiger partial charge >= 0.3 is 5.97 Å². The first-order valence-corrected chi connectivity index (χ1v) is 9.77. The number of hydrogen-bond donors (Lipinski definition) is 1. The predicted molar refractivity (Wildman–Crippen MR) is 109 cm³/mol. The van der Waals surface area contributed by atoms with Crippen molar-refractivity contribution in [3.05, 3.63) is 41.7 Å². The van der Waals surface area contributed by atoms with Crippen LogP contribution in [0.15, 0.2) is 30.3 Å². The number of benzene rings is 1. The first-order chi connectivity index (χ1) is 13.5. The van der Waals surface area contributed by atoms with Gasteiger partial charge in [0, 0.05) is 13.5 Å². The highest BCUT2D eigenvalue weighted by Gasteiger charge is 2.36. The second-order valence-electron chi connectivity index (χ2n) is 9.01. The molecule has 1 atom stereocenters. The van der Waals surface area contributed by atoms with Crippen molar-refractivity contribution in [2.75, 3.05) is 6.54 Å². The Kier molecular flexibility index (Phi) is 7.11. The molecule has 2 aromatic rings. The van der Waals surface area contributed by atoms with Gasteiger partial charge in [-0.3, -0.25) is 9.59 Å². The summed E-state index contributed by atoms with van der Waals surface area (Å²) in [6, 6.07) is 9.82. The van der Waals surface area contributed by atoms with Gasteiger partial charge in [-0.2, -0.15) is 0 Å². The first-order valence-electron chi connectivity index (χ1n) is 9.77. The summed E-state index contributed by atoms with van der Waals surface area (Å²) in [5.41, 5.74) is 0.648. The summed E-state index contributed by atoms with van der Waals surface area (Å²) in [6.45, 7) is 12.0. The molecule has 8 heteroatoms. The van der Waals surface area contributed by atoms with Crippen LogP contribution in [0.1, 0.15) is 65.5 Å². The van der Waals surface area contributed by atoms with Gasteiger partial charge in [-0.15, -0.1) is 5.10 Å². The quantitative estimate of drug-likeness (QED) is 0.683. The largest absolute Gasteiger partial charge is 0.444 e. The van der Waals surface area contributed by atoms with Gasteiger partial charge in [0.05, 0.1) is 5.54 Å². The molecule has 0 saturated heterocycles. The van der Waals surface area contributed by atoms with E-state index in [2.05, 4.69) is 41.6 Å². The van der Waals surface area contributed by atoms with E-state index in [-0.39, 0.29) is 11.2 Å². The molecule has 1 heterocycles. The molecule has 0 spiro atoms. The summed E-state index contributed by atoms with van der Waals surface area (Å²) in [5, 5.41) is 14.7. The molecule has 1 aromatic heterocycles. The summed E-state index contributed by atoms with van der Waals surface area (Å²) in [7, 11) is 0. The number of hydrogen-bond acceptors (Lipinski definition) is 6. The van der Waals surface area contributed by atoms with Gasteiger partial charge in [0.1, 0.15) is 0 Å². The van der Waals surface area contributed by atoms with Crippen molar-refractivity contribution in [1.82, 2.24) is 25.5 Å². The molecule has 158 valence electrons. The fraction of sp³-hybridized carbons (Fsp3) is 0.571. The van der Waals surface area contributed by atoms with Gasteiger partial charge in [0.15, 0.2) is 0 Å². The number of carbonyl (C=O) groups is 2. The minimum atomic E-state index is -1.21. The maximum Gasteiger partial charge on any atom is 0.303 e. The number of ether oxygens (including phenoxy) is 1. The Morgan fingerprint density at radius 1 is 1.14 bits per heavy atom. The van der Waals surface area contributed by atoms with Crippen LogP contribution in [-0.4, -0.2) is 38.6 Å². The van der Waals surface area contributed by atoms with Crippen molar-refractivity contribution in [2.45, 2.75) is 66.0 Å². The second-order valence-corrected chi connectivity index (χ2v) is 9.01. The maximum atomic E-state index is 12.8. The van der Waals surface area contributed by atoms with Gasteiger partial charge < -0.3 is 10.1 Å². The SMILES string of the molecule is CC(=O)OC(C(=O)NCCc1ccccc1)c1nnnn1C(C)(C)CC(C)(C)C. The summed E-state index contributed by atoms with van der Waals surface area (Å²) in [4.78, 5) is 24.5. The van der Waals surface area contributed by atoms with E-state index in [9.17, 15) is 9.59 Å². The topological polar surface area (TPSA) is 99.0 Å². The van der Waals surface area contributed by atoms with Gasteiger partial charge in [-0.05, 0) is 48.1 Å². The predicted octanol–water partition coefficient (Wildman–Crippen LogP) is 2.81. The molecular weight excluding hydrogens is 370 g/mol. The lowest BCUT2D eigenvalue weighted by molar-refractivity contribution is -0.155. The molecule has 1 amide bonds. The molecule has 8 nitrogen and oxygen atoms in total. The van der Waals surface area contributed by atoms with Crippen molar-refractivity contribution in [1.29, 1.82) is 0 Å². The summed E-state index contributed by atoms with van der Waals surface area (Å²) in [5.74, 6) is -0.804. The smallest absolute Gasteiger partial charge is 0.303 e. The van der Waals surface area contributed by atoms with E-state index in [1.807, 2.05) is 44.2 Å². The highest BCUT2D eigenvalue weighted by atomic mass is 16.5. The molecule has 29 heavy (non-hydrogen) atoms. The van der Waals surface area contributed by atoms with E-state index < -0.39 is 23.5 Å². The van der Waals surface area contributed by atoms with Crippen LogP contribution in [0, 0.1) is 5.41 Å². The highest BCUT2D eigenvalue weighted by molar-refractivity contribution is 5.83. The third-order valence-corrected chi connectivity index (χ3v) is 4.34. The molecule has 0 radical (unpaired) electrons. The van der Waals surface area contributed by atoms with Gasteiger partial charge in [0.2, 0.25) is 11.9 Å². The third kappa shape index (κ3) is 6.66. The van der Waals surface area contributed by atoms with Crippen molar-refractivity contribution < 1.29 is 14.3 Å². The van der Waals surface area contributed by atoms with Gasteiger partial charge in [-0.1, -0.05) is 51.1 Å². The van der Waals surface area contributed by atoms with Gasteiger partial charge in [-0.25, -0.2) is 4.68 Å². The van der Waals surface area contributed by atoms with E-state index in [0.29, 0.717) is 13.0 Å². The van der Waals surface area contributed by atoms with Crippen molar-refractivity contribution in [3.8, 4) is 0 Å². The molecule has 1 aromatic carbocycles. The number of nitrogens with zero attached hydrogens (tertiary/aromatic N) is 4. The van der Waals surface area contributed by atoms with Crippen LogP contribution in [-0.2, 0) is 26.3 Å². The molecule has 0 aliphatic carbocycles. The van der Waals surface area contributed by atoms with Crippen molar-refractivity contribution in [2.24, 2.45) is 5.41 Å². The molecular formula is C21H31N5O3. The lowest BCUT2D eigenvalue weighted by Crippen LogP contribution is -2.39. The number of aromatic nitrogens is 4. The minimum absolute atomic E-state index is 0.0155. The monoisotopic (exact) mass is 401 g/mol. The molecule has 1 unspecified atom stereocenters. The lowest BCUT2D eigenvalue weighted by atomic mass is 9.82. The van der Waals surface area contributed by atoms with E-state index in [0.717, 1.165) is 12.0 Å². The van der Waals surface area contributed by atoms with Crippen LogP contribution in [0.2, 0.25) is 0 Å². The van der Waals surface area contributed by atoms with Crippen LogP contribution in [0.3, 0.4) is 0 Å². The number of esters is 1. The Morgan fingerprint density at radius 2 is 1.79 bits per heavy atom. The summed E-state index contributed by atoms with van der Waals surface area (Å²) < 4.78 is 6.90. The first kappa shape index (κ1) is 22.5. The minimum Gasteiger partial charge on any atom is -0.444 e. The molecule has 2 rings (SSSR count). The van der Waals surface area contributed by atoms with Crippen molar-refractivity contribution >= 4 is 11.9 Å². The zero-order chi connectivity index (χ0) is 21.7. The fourth-order valence-corrected chi connectivity index (χ4v) is 3.62. The molecule has 0 aliphatic rings. The number of carbonyl (C=O) groups excluding carboxylic acids is 2. The van der Waals surface area contributed by atoms with Crippen LogP contribution in [0.5, 0.6) is 0 Å². The standard InChI is InChI=1S/C21H31N5O3/c1-15(27)29-17(19(28)22-13-12-16-10-8-7-9-11-16)18-23-24-25-26(18)21(5,6)14-20(2,3)4/h7-11,17H,12-14H2,1-6H3,(H,22,28). The van der Waals surface area contributed by atoms with Crippen molar-refractivity contribution in [3.63, 3.8) is 0 Å². The number of rotatable bonds is 8. The van der Waals surface area contributed by atoms with Crippen LogP contribution in [0.25, 0.3) is 0 Å². The molecule has 0 aliphatic heterocycles. The molecule has 0 bridgehead atoms.